The van der Waals surface area contributed by atoms with Gasteiger partial charge in [-0.2, -0.15) is 5.10 Å². The topological polar surface area (TPSA) is 39.5 Å². The van der Waals surface area contributed by atoms with Crippen LogP contribution < -0.4 is 4.74 Å². The molecule has 0 aliphatic carbocycles. The number of aromatic nitrogens is 2. The Kier molecular flexibility index (Phi) is 7.59. The van der Waals surface area contributed by atoms with Crippen molar-refractivity contribution in [3.05, 3.63) is 36.0 Å². The first kappa shape index (κ1) is 22.8. The van der Waals surface area contributed by atoms with Crippen LogP contribution in [-0.4, -0.2) is 41.0 Å². The van der Waals surface area contributed by atoms with Gasteiger partial charge in [-0.1, -0.05) is 20.8 Å². The van der Waals surface area contributed by atoms with Crippen molar-refractivity contribution < 1.29 is 9.47 Å². The number of ether oxygens (including phenoxy) is 2. The van der Waals surface area contributed by atoms with Gasteiger partial charge in [-0.3, -0.25) is 0 Å². The van der Waals surface area contributed by atoms with Crippen LogP contribution in [0.1, 0.15) is 72.1 Å². The van der Waals surface area contributed by atoms with Crippen LogP contribution in [0.25, 0.3) is 11.3 Å². The van der Waals surface area contributed by atoms with Crippen LogP contribution in [0.15, 0.2) is 30.5 Å². The Morgan fingerprint density at radius 2 is 1.93 bits per heavy atom. The van der Waals surface area contributed by atoms with Gasteiger partial charge in [0.15, 0.2) is 0 Å². The number of rotatable bonds is 8. The van der Waals surface area contributed by atoms with Gasteiger partial charge in [0.1, 0.15) is 12.0 Å². The highest BCUT2D eigenvalue weighted by atomic mass is 16.5. The van der Waals surface area contributed by atoms with Crippen molar-refractivity contribution in [2.24, 2.45) is 5.41 Å². The highest BCUT2D eigenvalue weighted by Gasteiger charge is 2.21. The number of hydrogen-bond donors (Lipinski definition) is 0. The van der Waals surface area contributed by atoms with Gasteiger partial charge in [0, 0.05) is 30.5 Å². The average molecular weight is 414 g/mol. The van der Waals surface area contributed by atoms with Gasteiger partial charge in [-0.15, -0.1) is 0 Å². The minimum Gasteiger partial charge on any atom is -0.491 e. The fourth-order valence-electron chi connectivity index (χ4n) is 3.73. The van der Waals surface area contributed by atoms with Crippen LogP contribution in [0.5, 0.6) is 5.75 Å². The third kappa shape index (κ3) is 6.58. The Hall–Kier alpha value is -1.85. The van der Waals surface area contributed by atoms with Crippen LogP contribution in [0.4, 0.5) is 0 Å². The highest BCUT2D eigenvalue weighted by Crippen LogP contribution is 2.30. The molecule has 2 heterocycles. The lowest BCUT2D eigenvalue weighted by Gasteiger charge is -2.23. The monoisotopic (exact) mass is 413 g/mol. The van der Waals surface area contributed by atoms with Crippen LogP contribution in [0.3, 0.4) is 0 Å². The van der Waals surface area contributed by atoms with Crippen LogP contribution in [0.2, 0.25) is 0 Å². The summed E-state index contributed by atoms with van der Waals surface area (Å²) in [6, 6.07) is 8.31. The summed E-state index contributed by atoms with van der Waals surface area (Å²) in [6.45, 7) is 13.7. The smallest absolute Gasteiger partial charge is 0.150 e. The normalized spacial score (nSPS) is 17.7. The molecule has 0 N–H and O–H groups in total. The second-order valence-corrected chi connectivity index (χ2v) is 10.0. The molecule has 5 nitrogen and oxygen atoms in total. The third-order valence-electron chi connectivity index (χ3n) is 5.44. The molecule has 1 aromatic carbocycles. The van der Waals surface area contributed by atoms with E-state index in [0.717, 1.165) is 49.5 Å². The minimum absolute atomic E-state index is 0.0506. The molecule has 5 heteroatoms. The molecule has 1 aliphatic rings. The molecule has 0 saturated carbocycles. The number of hydrogen-bond acceptors (Lipinski definition) is 4. The highest BCUT2D eigenvalue weighted by molar-refractivity contribution is 5.63. The Balaban J connectivity index is 1.82. The fraction of sp³-hybridized carbons (Fsp3) is 0.640. The van der Waals surface area contributed by atoms with Crippen molar-refractivity contribution in [3.8, 4) is 17.0 Å². The van der Waals surface area contributed by atoms with E-state index in [-0.39, 0.29) is 12.3 Å². The summed E-state index contributed by atoms with van der Waals surface area (Å²) >= 11 is 0. The maximum atomic E-state index is 6.00. The van der Waals surface area contributed by atoms with Crippen molar-refractivity contribution in [1.29, 1.82) is 0 Å². The number of nitrogens with zero attached hydrogens (tertiary/aromatic N) is 3. The maximum absolute atomic E-state index is 6.00. The molecule has 0 radical (unpaired) electrons. The molecule has 1 saturated heterocycles. The minimum atomic E-state index is 0.0506. The largest absolute Gasteiger partial charge is 0.491 e. The first-order valence-electron chi connectivity index (χ1n) is 11.4. The van der Waals surface area contributed by atoms with Crippen molar-refractivity contribution in [1.82, 2.24) is 14.7 Å². The predicted octanol–water partition coefficient (Wildman–Crippen LogP) is 5.90. The van der Waals surface area contributed by atoms with Crippen molar-refractivity contribution in [2.45, 2.75) is 79.2 Å². The Labute approximate surface area is 182 Å². The summed E-state index contributed by atoms with van der Waals surface area (Å²) in [5.41, 5.74) is 3.75. The lowest BCUT2D eigenvalue weighted by atomic mass is 9.92. The Morgan fingerprint density at radius 1 is 1.20 bits per heavy atom. The van der Waals surface area contributed by atoms with Crippen molar-refractivity contribution in [2.75, 3.05) is 20.2 Å². The predicted molar refractivity (Wildman–Crippen MR) is 123 cm³/mol. The molecular weight excluding hydrogens is 374 g/mol. The Morgan fingerprint density at radius 3 is 2.53 bits per heavy atom. The van der Waals surface area contributed by atoms with E-state index in [1.165, 1.54) is 18.4 Å². The lowest BCUT2D eigenvalue weighted by molar-refractivity contribution is -0.0394. The van der Waals surface area contributed by atoms with E-state index in [4.69, 9.17) is 14.6 Å². The molecule has 1 aromatic heterocycles. The van der Waals surface area contributed by atoms with Crippen LogP contribution >= 0.6 is 0 Å². The molecule has 3 rings (SSSR count). The zero-order valence-corrected chi connectivity index (χ0v) is 19.6. The van der Waals surface area contributed by atoms with Gasteiger partial charge < -0.3 is 14.4 Å². The van der Waals surface area contributed by atoms with E-state index in [2.05, 4.69) is 51.0 Å². The molecule has 166 valence electrons. The molecule has 1 unspecified atom stereocenters. The van der Waals surface area contributed by atoms with Gasteiger partial charge >= 0.3 is 0 Å². The quantitative estimate of drug-likeness (QED) is 0.540. The first-order valence-corrected chi connectivity index (χ1v) is 11.4. The van der Waals surface area contributed by atoms with Crippen molar-refractivity contribution >= 4 is 0 Å². The maximum Gasteiger partial charge on any atom is 0.150 e. The molecule has 1 atom stereocenters. The van der Waals surface area contributed by atoms with E-state index in [0.29, 0.717) is 5.41 Å². The summed E-state index contributed by atoms with van der Waals surface area (Å²) in [4.78, 5) is 2.40. The zero-order valence-electron chi connectivity index (χ0n) is 19.6. The zero-order chi connectivity index (χ0) is 21.7. The molecule has 1 aliphatic heterocycles. The van der Waals surface area contributed by atoms with E-state index < -0.39 is 0 Å². The molecule has 0 spiro atoms. The molecular formula is C25H39N3O2. The second-order valence-electron chi connectivity index (χ2n) is 10.0. The van der Waals surface area contributed by atoms with Gasteiger partial charge in [0.05, 0.1) is 11.8 Å². The van der Waals surface area contributed by atoms with E-state index in [9.17, 15) is 0 Å². The summed E-state index contributed by atoms with van der Waals surface area (Å²) < 4.78 is 13.8. The second kappa shape index (κ2) is 9.97. The van der Waals surface area contributed by atoms with Crippen molar-refractivity contribution in [3.63, 3.8) is 0 Å². The van der Waals surface area contributed by atoms with E-state index >= 15 is 0 Å². The molecule has 0 bridgehead atoms. The fourth-order valence-corrected chi connectivity index (χ4v) is 3.73. The van der Waals surface area contributed by atoms with Gasteiger partial charge in [-0.25, -0.2) is 4.68 Å². The molecule has 1 fully saturated rings. The molecule has 2 aromatic rings. The van der Waals surface area contributed by atoms with E-state index in [1.54, 1.807) is 0 Å². The Bertz CT molecular complexity index is 784. The number of benzene rings is 1. The summed E-state index contributed by atoms with van der Waals surface area (Å²) in [5.74, 6) is 0.896. The van der Waals surface area contributed by atoms with E-state index in [1.807, 2.05) is 30.7 Å². The molecule has 30 heavy (non-hydrogen) atoms. The summed E-state index contributed by atoms with van der Waals surface area (Å²) in [6.07, 6.45) is 6.95. The first-order chi connectivity index (χ1) is 14.2. The van der Waals surface area contributed by atoms with Gasteiger partial charge in [0.2, 0.25) is 0 Å². The van der Waals surface area contributed by atoms with Crippen LogP contribution in [0, 0.1) is 5.41 Å². The van der Waals surface area contributed by atoms with Gasteiger partial charge in [0.25, 0.3) is 0 Å². The summed E-state index contributed by atoms with van der Waals surface area (Å²) in [7, 11) is 2.20. The lowest BCUT2D eigenvalue weighted by Crippen LogP contribution is -2.23. The average Bonchev–Trinajstić information content (AvgIpc) is 3.10. The SMILES string of the molecule is CC(C)Oc1ccc(-c2nn(C3CCCCO3)cc2CN(C)CCC(C)(C)C)cc1. The van der Waals surface area contributed by atoms with Gasteiger partial charge in [-0.05, 0) is 82.8 Å². The standard InChI is InChI=1S/C25H39N3O2/c1-19(2)30-22-12-10-20(11-13-22)24-21(17-27(6)15-14-25(3,4)5)18-28(26-24)23-9-7-8-16-29-23/h10-13,18-19,23H,7-9,14-17H2,1-6H3. The third-order valence-corrected chi connectivity index (χ3v) is 5.44. The van der Waals surface area contributed by atoms with Crippen LogP contribution in [-0.2, 0) is 11.3 Å². The summed E-state index contributed by atoms with van der Waals surface area (Å²) in [5, 5.41) is 4.98. The molecule has 0 amide bonds.